The number of benzene rings is 1. The first-order valence-corrected chi connectivity index (χ1v) is 8.09. The first-order chi connectivity index (χ1) is 11.2. The SMILES string of the molecule is CN=C(NCCN(C)CCOC)NCC1Cc2ccccc2O1. The average molecular weight is 320 g/mol. The highest BCUT2D eigenvalue weighted by Gasteiger charge is 2.22. The molecule has 6 heteroatoms. The molecule has 1 aromatic carbocycles. The van der Waals surface area contributed by atoms with E-state index in [2.05, 4.69) is 39.7 Å². The molecule has 0 saturated heterocycles. The number of nitrogens with zero attached hydrogens (tertiary/aromatic N) is 2. The van der Waals surface area contributed by atoms with Gasteiger partial charge < -0.3 is 25.0 Å². The Morgan fingerprint density at radius 1 is 1.35 bits per heavy atom. The van der Waals surface area contributed by atoms with Gasteiger partial charge >= 0.3 is 0 Å². The van der Waals surface area contributed by atoms with Crippen LogP contribution in [-0.2, 0) is 11.2 Å². The van der Waals surface area contributed by atoms with E-state index >= 15 is 0 Å². The second kappa shape index (κ2) is 9.37. The highest BCUT2D eigenvalue weighted by Crippen LogP contribution is 2.27. The summed E-state index contributed by atoms with van der Waals surface area (Å²) in [7, 11) is 5.59. The van der Waals surface area contributed by atoms with Crippen molar-refractivity contribution in [2.45, 2.75) is 12.5 Å². The molecule has 2 N–H and O–H groups in total. The van der Waals surface area contributed by atoms with Crippen LogP contribution in [0.5, 0.6) is 5.75 Å². The predicted molar refractivity (Wildman–Crippen MR) is 93.3 cm³/mol. The molecule has 0 bridgehead atoms. The third-order valence-corrected chi connectivity index (χ3v) is 3.90. The lowest BCUT2D eigenvalue weighted by molar-refractivity contribution is 0.162. The summed E-state index contributed by atoms with van der Waals surface area (Å²) in [6.45, 7) is 4.20. The van der Waals surface area contributed by atoms with E-state index < -0.39 is 0 Å². The molecule has 2 rings (SSSR count). The van der Waals surface area contributed by atoms with Crippen LogP contribution in [0.15, 0.2) is 29.3 Å². The molecule has 0 saturated carbocycles. The Balaban J connectivity index is 1.64. The van der Waals surface area contributed by atoms with E-state index in [1.807, 2.05) is 12.1 Å². The summed E-state index contributed by atoms with van der Waals surface area (Å²) in [4.78, 5) is 6.48. The fourth-order valence-corrected chi connectivity index (χ4v) is 2.52. The number of rotatable bonds is 8. The van der Waals surface area contributed by atoms with Gasteiger partial charge in [-0.3, -0.25) is 4.99 Å². The van der Waals surface area contributed by atoms with Gasteiger partial charge in [0, 0.05) is 40.2 Å². The second-order valence-electron chi connectivity index (χ2n) is 5.73. The Morgan fingerprint density at radius 2 is 2.17 bits per heavy atom. The molecule has 1 aliphatic heterocycles. The molecule has 1 heterocycles. The molecule has 0 amide bonds. The molecule has 6 nitrogen and oxygen atoms in total. The maximum Gasteiger partial charge on any atom is 0.191 e. The van der Waals surface area contributed by atoms with Crippen LogP contribution >= 0.6 is 0 Å². The normalized spacial score (nSPS) is 17.0. The summed E-state index contributed by atoms with van der Waals surface area (Å²) in [6.07, 6.45) is 1.11. The molecule has 0 fully saturated rings. The van der Waals surface area contributed by atoms with E-state index in [0.29, 0.717) is 0 Å². The van der Waals surface area contributed by atoms with Crippen molar-refractivity contribution in [1.29, 1.82) is 0 Å². The van der Waals surface area contributed by atoms with E-state index in [1.54, 1.807) is 14.2 Å². The number of ether oxygens (including phenoxy) is 2. The van der Waals surface area contributed by atoms with Crippen LogP contribution in [0.4, 0.5) is 0 Å². The maximum absolute atomic E-state index is 5.92. The Morgan fingerprint density at radius 3 is 2.91 bits per heavy atom. The Kier molecular flexibility index (Phi) is 7.16. The van der Waals surface area contributed by atoms with E-state index in [0.717, 1.165) is 50.9 Å². The number of para-hydroxylation sites is 1. The van der Waals surface area contributed by atoms with Gasteiger partial charge in [0.15, 0.2) is 5.96 Å². The van der Waals surface area contributed by atoms with E-state index in [9.17, 15) is 0 Å². The van der Waals surface area contributed by atoms with Crippen molar-refractivity contribution >= 4 is 5.96 Å². The molecule has 23 heavy (non-hydrogen) atoms. The van der Waals surface area contributed by atoms with Gasteiger partial charge in [0.05, 0.1) is 13.2 Å². The lowest BCUT2D eigenvalue weighted by Crippen LogP contribution is -2.44. The van der Waals surface area contributed by atoms with E-state index in [1.165, 1.54) is 5.56 Å². The van der Waals surface area contributed by atoms with E-state index in [4.69, 9.17) is 9.47 Å². The van der Waals surface area contributed by atoms with Gasteiger partial charge in [-0.2, -0.15) is 0 Å². The number of aliphatic imine (C=N–C) groups is 1. The quantitative estimate of drug-likeness (QED) is 0.546. The van der Waals surface area contributed by atoms with Gasteiger partial charge in [0.2, 0.25) is 0 Å². The first-order valence-electron chi connectivity index (χ1n) is 8.09. The van der Waals surface area contributed by atoms with Crippen LogP contribution in [-0.4, -0.2) is 71.0 Å². The van der Waals surface area contributed by atoms with Gasteiger partial charge in [-0.1, -0.05) is 18.2 Å². The Hall–Kier alpha value is -1.79. The molecule has 1 aliphatic rings. The number of fused-ring (bicyclic) bond motifs is 1. The third-order valence-electron chi connectivity index (χ3n) is 3.90. The van der Waals surface area contributed by atoms with Crippen molar-refractivity contribution in [1.82, 2.24) is 15.5 Å². The Labute approximate surface area is 138 Å². The summed E-state index contributed by atoms with van der Waals surface area (Å²) in [6, 6.07) is 8.21. The zero-order valence-corrected chi connectivity index (χ0v) is 14.3. The van der Waals surface area contributed by atoms with Gasteiger partial charge in [-0.15, -0.1) is 0 Å². The van der Waals surface area contributed by atoms with Crippen LogP contribution in [0, 0.1) is 0 Å². The first kappa shape index (κ1) is 17.6. The molecular weight excluding hydrogens is 292 g/mol. The van der Waals surface area contributed by atoms with Crippen LogP contribution in [0.25, 0.3) is 0 Å². The molecule has 0 radical (unpaired) electrons. The number of guanidine groups is 1. The van der Waals surface area contributed by atoms with Crippen LogP contribution < -0.4 is 15.4 Å². The van der Waals surface area contributed by atoms with Gasteiger partial charge in [-0.05, 0) is 18.7 Å². The van der Waals surface area contributed by atoms with Crippen molar-refractivity contribution in [3.8, 4) is 5.75 Å². The van der Waals surface area contributed by atoms with E-state index in [-0.39, 0.29) is 6.10 Å². The molecule has 0 spiro atoms. The minimum Gasteiger partial charge on any atom is -0.488 e. The number of methoxy groups -OCH3 is 1. The largest absolute Gasteiger partial charge is 0.488 e. The number of likely N-dealkylation sites (N-methyl/N-ethyl adjacent to an activating group) is 1. The lowest BCUT2D eigenvalue weighted by atomic mass is 10.1. The van der Waals surface area contributed by atoms with Crippen LogP contribution in [0.1, 0.15) is 5.56 Å². The zero-order chi connectivity index (χ0) is 16.5. The summed E-state index contributed by atoms with van der Waals surface area (Å²) in [5.74, 6) is 1.81. The Bertz CT molecular complexity index is 482. The van der Waals surface area contributed by atoms with Crippen molar-refractivity contribution in [3.05, 3.63) is 29.8 Å². The number of hydrogen-bond donors (Lipinski definition) is 2. The highest BCUT2D eigenvalue weighted by molar-refractivity contribution is 5.79. The molecule has 1 aromatic rings. The van der Waals surface area contributed by atoms with Gasteiger partial charge in [-0.25, -0.2) is 0 Å². The lowest BCUT2D eigenvalue weighted by Gasteiger charge is -2.19. The summed E-state index contributed by atoms with van der Waals surface area (Å²) in [5, 5.41) is 6.66. The van der Waals surface area contributed by atoms with Crippen molar-refractivity contribution in [3.63, 3.8) is 0 Å². The predicted octanol–water partition coefficient (Wildman–Crippen LogP) is 0.733. The summed E-state index contributed by atoms with van der Waals surface area (Å²) < 4.78 is 11.0. The number of nitrogens with one attached hydrogen (secondary N) is 2. The zero-order valence-electron chi connectivity index (χ0n) is 14.3. The molecule has 0 aliphatic carbocycles. The standard InChI is InChI=1S/C17H28N4O2/c1-18-17(19-8-9-21(2)10-11-22-3)20-13-15-12-14-6-4-5-7-16(14)23-15/h4-7,15H,8-13H2,1-3H3,(H2,18,19,20). The van der Waals surface area contributed by atoms with Crippen molar-refractivity contribution in [2.75, 3.05) is 54.0 Å². The second-order valence-corrected chi connectivity index (χ2v) is 5.73. The maximum atomic E-state index is 5.92. The summed E-state index contributed by atoms with van der Waals surface area (Å²) >= 11 is 0. The van der Waals surface area contributed by atoms with Gasteiger partial charge in [0.25, 0.3) is 0 Å². The molecular formula is C17H28N4O2. The van der Waals surface area contributed by atoms with Crippen LogP contribution in [0.3, 0.4) is 0 Å². The molecule has 128 valence electrons. The smallest absolute Gasteiger partial charge is 0.191 e. The fraction of sp³-hybridized carbons (Fsp3) is 0.588. The monoisotopic (exact) mass is 320 g/mol. The van der Waals surface area contributed by atoms with Crippen LogP contribution in [0.2, 0.25) is 0 Å². The van der Waals surface area contributed by atoms with Crippen molar-refractivity contribution < 1.29 is 9.47 Å². The molecule has 1 unspecified atom stereocenters. The average Bonchev–Trinajstić information content (AvgIpc) is 2.98. The highest BCUT2D eigenvalue weighted by atomic mass is 16.5. The topological polar surface area (TPSA) is 58.1 Å². The third kappa shape index (κ3) is 5.73. The van der Waals surface area contributed by atoms with Gasteiger partial charge in [0.1, 0.15) is 11.9 Å². The fourth-order valence-electron chi connectivity index (χ4n) is 2.52. The number of hydrogen-bond acceptors (Lipinski definition) is 4. The summed E-state index contributed by atoms with van der Waals surface area (Å²) in [5.41, 5.74) is 1.28. The molecule has 1 atom stereocenters. The van der Waals surface area contributed by atoms with Crippen molar-refractivity contribution in [2.24, 2.45) is 4.99 Å². The molecule has 0 aromatic heterocycles. The minimum absolute atomic E-state index is 0.162. The minimum atomic E-state index is 0.162.